The summed E-state index contributed by atoms with van der Waals surface area (Å²) in [5.74, 6) is 5.20. The molecule has 1 aromatic carbocycles. The van der Waals surface area contributed by atoms with Crippen LogP contribution >= 0.6 is 0 Å². The first kappa shape index (κ1) is 23.1. The van der Waals surface area contributed by atoms with Gasteiger partial charge in [-0.25, -0.2) is 0 Å². The second kappa shape index (κ2) is 11.7. The van der Waals surface area contributed by atoms with Gasteiger partial charge in [-0.2, -0.15) is 0 Å². The summed E-state index contributed by atoms with van der Waals surface area (Å²) in [5, 5.41) is 0. The monoisotopic (exact) mass is 420 g/mol. The van der Waals surface area contributed by atoms with Gasteiger partial charge < -0.3 is 0 Å². The smallest absolute Gasteiger partial charge is 0.0244 e. The molecule has 0 N–H and O–H groups in total. The molecule has 0 amide bonds. The minimum atomic E-state index is 0.967. The molecule has 4 rings (SSSR count). The van der Waals surface area contributed by atoms with E-state index in [4.69, 9.17) is 0 Å². The van der Waals surface area contributed by atoms with Crippen molar-refractivity contribution in [2.45, 2.75) is 117 Å². The number of hydrogen-bond acceptors (Lipinski definition) is 0. The van der Waals surface area contributed by atoms with Gasteiger partial charge in [0.1, 0.15) is 0 Å². The van der Waals surface area contributed by atoms with E-state index in [0.717, 1.165) is 29.6 Å². The van der Waals surface area contributed by atoms with Crippen molar-refractivity contribution in [3.63, 3.8) is 0 Å². The fourth-order valence-electron chi connectivity index (χ4n) is 7.38. The number of fused-ring (bicyclic) bond motifs is 2. The first-order valence-corrected chi connectivity index (χ1v) is 14.0. The molecule has 0 aromatic heterocycles. The van der Waals surface area contributed by atoms with Crippen molar-refractivity contribution in [1.29, 1.82) is 0 Å². The molecule has 2 fully saturated rings. The van der Waals surface area contributed by atoms with Crippen LogP contribution in [-0.2, 0) is 19.3 Å². The standard InChI is InChI=1S/C31H48/c1-3-5-7-9-11-25-13-15-29-23-31(19-17-27(29)21-25)30-18-16-26-20-24(10-8-6-4-2)12-14-28(26)22-30/h4,6,12,14,20,25,27,29-31H,3,5,7-11,13,15-19,21-23H2,1-2H3/b6-4+. The first-order chi connectivity index (χ1) is 15.3. The summed E-state index contributed by atoms with van der Waals surface area (Å²) in [6.07, 6.45) is 27.7. The minimum Gasteiger partial charge on any atom is -0.0917 e. The molecule has 0 radical (unpaired) electrons. The van der Waals surface area contributed by atoms with E-state index in [1.165, 1.54) is 70.6 Å². The van der Waals surface area contributed by atoms with E-state index in [9.17, 15) is 0 Å². The Morgan fingerprint density at radius 1 is 0.839 bits per heavy atom. The summed E-state index contributed by atoms with van der Waals surface area (Å²) in [6, 6.07) is 7.44. The van der Waals surface area contributed by atoms with Crippen molar-refractivity contribution in [2.75, 3.05) is 0 Å². The third-order valence-electron chi connectivity index (χ3n) is 9.27. The summed E-state index contributed by atoms with van der Waals surface area (Å²) >= 11 is 0. The van der Waals surface area contributed by atoms with Gasteiger partial charge in [0.2, 0.25) is 0 Å². The molecule has 172 valence electrons. The SMILES string of the molecule is C/C=C/CCc1ccc2c(c1)CCC(C1CCC3CC(CCCCCC)CCC3C1)C2. The maximum atomic E-state index is 2.54. The van der Waals surface area contributed by atoms with E-state index in [2.05, 4.69) is 44.2 Å². The zero-order valence-corrected chi connectivity index (χ0v) is 20.6. The molecule has 1 aromatic rings. The molecule has 0 nitrogen and oxygen atoms in total. The number of hydrogen-bond donors (Lipinski definition) is 0. The third-order valence-corrected chi connectivity index (χ3v) is 9.27. The largest absolute Gasteiger partial charge is 0.0917 e. The van der Waals surface area contributed by atoms with Crippen molar-refractivity contribution >= 4 is 0 Å². The van der Waals surface area contributed by atoms with Gasteiger partial charge in [-0.15, -0.1) is 0 Å². The lowest BCUT2D eigenvalue weighted by molar-refractivity contribution is 0.0690. The molecular formula is C31H48. The molecule has 0 spiro atoms. The number of aryl methyl sites for hydroxylation is 2. The van der Waals surface area contributed by atoms with Crippen LogP contribution < -0.4 is 0 Å². The van der Waals surface area contributed by atoms with Crippen LogP contribution in [0.4, 0.5) is 0 Å². The number of unbranched alkanes of at least 4 members (excludes halogenated alkanes) is 3. The van der Waals surface area contributed by atoms with Crippen LogP contribution in [0.25, 0.3) is 0 Å². The zero-order chi connectivity index (χ0) is 21.5. The molecule has 0 heteroatoms. The molecule has 2 saturated carbocycles. The van der Waals surface area contributed by atoms with Crippen molar-refractivity contribution in [3.8, 4) is 0 Å². The minimum absolute atomic E-state index is 0.967. The predicted molar refractivity (Wildman–Crippen MR) is 136 cm³/mol. The van der Waals surface area contributed by atoms with Gasteiger partial charge in [0.25, 0.3) is 0 Å². The molecule has 3 aliphatic carbocycles. The highest BCUT2D eigenvalue weighted by atomic mass is 14.4. The van der Waals surface area contributed by atoms with Crippen molar-refractivity contribution < 1.29 is 0 Å². The van der Waals surface area contributed by atoms with Crippen LogP contribution in [0, 0.1) is 29.6 Å². The van der Waals surface area contributed by atoms with Crippen molar-refractivity contribution in [3.05, 3.63) is 47.0 Å². The molecule has 3 aliphatic rings. The van der Waals surface area contributed by atoms with Gasteiger partial charge in [0.15, 0.2) is 0 Å². The highest BCUT2D eigenvalue weighted by Gasteiger charge is 2.38. The number of rotatable bonds is 9. The fourth-order valence-corrected chi connectivity index (χ4v) is 7.38. The Bertz CT molecular complexity index is 698. The Morgan fingerprint density at radius 2 is 1.65 bits per heavy atom. The molecule has 0 bridgehead atoms. The summed E-state index contributed by atoms with van der Waals surface area (Å²) in [6.45, 7) is 4.46. The quantitative estimate of drug-likeness (QED) is 0.276. The lowest BCUT2D eigenvalue weighted by atomic mass is 9.61. The lowest BCUT2D eigenvalue weighted by Crippen LogP contribution is -2.35. The van der Waals surface area contributed by atoms with Gasteiger partial charge in [-0.1, -0.05) is 75.8 Å². The normalized spacial score (nSPS) is 30.8. The zero-order valence-electron chi connectivity index (χ0n) is 20.6. The summed E-state index contributed by atoms with van der Waals surface area (Å²) < 4.78 is 0. The van der Waals surface area contributed by atoms with Crippen molar-refractivity contribution in [2.24, 2.45) is 29.6 Å². The van der Waals surface area contributed by atoms with Crippen LogP contribution in [-0.4, -0.2) is 0 Å². The average Bonchev–Trinajstić information content (AvgIpc) is 2.81. The van der Waals surface area contributed by atoms with Gasteiger partial charge in [0, 0.05) is 0 Å². The Morgan fingerprint density at radius 3 is 2.48 bits per heavy atom. The van der Waals surface area contributed by atoms with E-state index >= 15 is 0 Å². The van der Waals surface area contributed by atoms with E-state index in [0.29, 0.717) is 0 Å². The Balaban J connectivity index is 1.25. The topological polar surface area (TPSA) is 0 Å². The number of benzene rings is 1. The molecule has 5 unspecified atom stereocenters. The average molecular weight is 421 g/mol. The van der Waals surface area contributed by atoms with Gasteiger partial charge >= 0.3 is 0 Å². The van der Waals surface area contributed by atoms with Gasteiger partial charge in [0.05, 0.1) is 0 Å². The fraction of sp³-hybridized carbons (Fsp3) is 0.742. The molecule has 31 heavy (non-hydrogen) atoms. The van der Waals surface area contributed by atoms with E-state index in [1.807, 2.05) is 0 Å². The third kappa shape index (κ3) is 6.27. The maximum Gasteiger partial charge on any atom is -0.0244 e. The van der Waals surface area contributed by atoms with Crippen molar-refractivity contribution in [1.82, 2.24) is 0 Å². The number of allylic oxidation sites excluding steroid dienone is 2. The Kier molecular flexibility index (Phi) is 8.74. The Hall–Kier alpha value is -1.04. The van der Waals surface area contributed by atoms with Gasteiger partial charge in [-0.3, -0.25) is 0 Å². The van der Waals surface area contributed by atoms with E-state index < -0.39 is 0 Å². The molecular weight excluding hydrogens is 372 g/mol. The second-order valence-corrected chi connectivity index (χ2v) is 11.3. The highest BCUT2D eigenvalue weighted by molar-refractivity contribution is 5.34. The molecule has 5 atom stereocenters. The van der Waals surface area contributed by atoms with E-state index in [-0.39, 0.29) is 0 Å². The first-order valence-electron chi connectivity index (χ1n) is 14.0. The summed E-state index contributed by atoms with van der Waals surface area (Å²) in [4.78, 5) is 0. The lowest BCUT2D eigenvalue weighted by Gasteiger charge is -2.45. The summed E-state index contributed by atoms with van der Waals surface area (Å²) in [7, 11) is 0. The second-order valence-electron chi connectivity index (χ2n) is 11.3. The highest BCUT2D eigenvalue weighted by Crippen LogP contribution is 2.49. The summed E-state index contributed by atoms with van der Waals surface area (Å²) in [5.41, 5.74) is 4.90. The Labute approximate surface area is 193 Å². The predicted octanol–water partition coefficient (Wildman–Crippen LogP) is 9.10. The van der Waals surface area contributed by atoms with Crippen LogP contribution in [0.15, 0.2) is 30.4 Å². The van der Waals surface area contributed by atoms with Crippen LogP contribution in [0.3, 0.4) is 0 Å². The van der Waals surface area contributed by atoms with Crippen LogP contribution in [0.2, 0.25) is 0 Å². The van der Waals surface area contributed by atoms with Crippen LogP contribution in [0.1, 0.15) is 114 Å². The van der Waals surface area contributed by atoms with Crippen LogP contribution in [0.5, 0.6) is 0 Å². The molecule has 0 heterocycles. The molecule has 0 aliphatic heterocycles. The van der Waals surface area contributed by atoms with Gasteiger partial charge in [-0.05, 0) is 117 Å². The van der Waals surface area contributed by atoms with E-state index in [1.54, 1.807) is 48.8 Å². The molecule has 0 saturated heterocycles. The maximum absolute atomic E-state index is 2.54.